The monoisotopic (exact) mass is 278 g/mol. The van der Waals surface area contributed by atoms with Gasteiger partial charge < -0.3 is 15.8 Å². The zero-order valence-electron chi connectivity index (χ0n) is 12.4. The Morgan fingerprint density at radius 2 is 1.95 bits per heavy atom. The maximum atomic E-state index is 11.1. The highest BCUT2D eigenvalue weighted by Gasteiger charge is 2.21. The van der Waals surface area contributed by atoms with Crippen molar-refractivity contribution in [1.82, 2.24) is 0 Å². The zero-order valence-corrected chi connectivity index (χ0v) is 12.4. The van der Waals surface area contributed by atoms with Gasteiger partial charge in [0, 0.05) is 12.6 Å². The van der Waals surface area contributed by atoms with E-state index in [1.165, 1.54) is 6.92 Å². The quantitative estimate of drug-likeness (QED) is 0.710. The van der Waals surface area contributed by atoms with Crippen LogP contribution < -0.4 is 11.1 Å². The summed E-state index contributed by atoms with van der Waals surface area (Å²) in [6, 6.07) is 7.33. The third kappa shape index (κ3) is 5.40. The van der Waals surface area contributed by atoms with Crippen molar-refractivity contribution in [3.63, 3.8) is 0 Å². The van der Waals surface area contributed by atoms with E-state index in [4.69, 9.17) is 10.5 Å². The molecule has 20 heavy (non-hydrogen) atoms. The van der Waals surface area contributed by atoms with Crippen molar-refractivity contribution in [3.8, 4) is 0 Å². The lowest BCUT2D eigenvalue weighted by Crippen LogP contribution is -2.40. The first-order valence-corrected chi connectivity index (χ1v) is 6.53. The summed E-state index contributed by atoms with van der Waals surface area (Å²) in [4.78, 5) is 21.4. The summed E-state index contributed by atoms with van der Waals surface area (Å²) >= 11 is 0. The number of hydrogen-bond donors (Lipinski definition) is 2. The van der Waals surface area contributed by atoms with Gasteiger partial charge in [0.15, 0.2) is 0 Å². The molecule has 0 radical (unpaired) electrons. The summed E-state index contributed by atoms with van der Waals surface area (Å²) in [5, 5.41) is 2.75. The fourth-order valence-electron chi connectivity index (χ4n) is 1.81. The van der Waals surface area contributed by atoms with Gasteiger partial charge in [0.25, 0.3) is 0 Å². The summed E-state index contributed by atoms with van der Waals surface area (Å²) in [5.74, 6) is -0.314. The molecule has 0 saturated heterocycles. The molecule has 1 aliphatic rings. The Morgan fingerprint density at radius 1 is 1.35 bits per heavy atom. The van der Waals surface area contributed by atoms with E-state index in [9.17, 15) is 9.59 Å². The predicted octanol–water partition coefficient (Wildman–Crippen LogP) is 1.86. The zero-order chi connectivity index (χ0) is 15.3. The van der Waals surface area contributed by atoms with Gasteiger partial charge in [-0.25, -0.2) is 0 Å². The summed E-state index contributed by atoms with van der Waals surface area (Å²) < 4.78 is 4.80. The lowest BCUT2D eigenvalue weighted by atomic mass is 10.00. The maximum Gasteiger partial charge on any atom is 0.303 e. The van der Waals surface area contributed by atoms with Gasteiger partial charge in [-0.15, -0.1) is 0 Å². The number of carbonyl (C=O) groups excluding carboxylic acids is 2. The van der Waals surface area contributed by atoms with Crippen LogP contribution in [0.25, 0.3) is 0 Å². The summed E-state index contributed by atoms with van der Waals surface area (Å²) in [6.07, 6.45) is 0.641. The normalized spacial score (nSPS) is 17.2. The van der Waals surface area contributed by atoms with E-state index in [0.717, 1.165) is 11.3 Å². The molecular weight excluding hydrogens is 256 g/mol. The number of anilines is 1. The first kappa shape index (κ1) is 16.2. The number of fused-ring (bicyclic) bond motifs is 1. The van der Waals surface area contributed by atoms with Crippen molar-refractivity contribution < 1.29 is 14.3 Å². The van der Waals surface area contributed by atoms with Crippen LogP contribution in [0.15, 0.2) is 24.3 Å². The fourth-order valence-corrected chi connectivity index (χ4v) is 1.81. The topological polar surface area (TPSA) is 81.4 Å². The van der Waals surface area contributed by atoms with Crippen molar-refractivity contribution in [3.05, 3.63) is 29.8 Å². The van der Waals surface area contributed by atoms with Crippen LogP contribution in [0, 0.1) is 0 Å². The molecule has 5 nitrogen and oxygen atoms in total. The van der Waals surface area contributed by atoms with E-state index >= 15 is 0 Å². The molecule has 1 atom stereocenters. The average Bonchev–Trinajstić information content (AvgIpc) is 2.28. The Balaban J connectivity index is 0.000000221. The number of rotatable bonds is 0. The van der Waals surface area contributed by atoms with Gasteiger partial charge in [-0.05, 0) is 38.8 Å². The van der Waals surface area contributed by atoms with Gasteiger partial charge in [0.1, 0.15) is 5.60 Å². The molecule has 1 aliphatic heterocycles. The molecule has 0 aromatic heterocycles. The SMILES string of the molecule is CC(=O)OC(C)(C)C.NC1Cc2ccccc2NC1=O. The molecular formula is C15H22N2O3. The second-order valence-electron chi connectivity index (χ2n) is 5.66. The number of carbonyl (C=O) groups is 2. The van der Waals surface area contributed by atoms with Crippen molar-refractivity contribution in [2.24, 2.45) is 5.73 Å². The Morgan fingerprint density at radius 3 is 2.45 bits per heavy atom. The summed E-state index contributed by atoms with van der Waals surface area (Å²) in [7, 11) is 0. The van der Waals surface area contributed by atoms with Crippen molar-refractivity contribution in [2.75, 3.05) is 5.32 Å². The average molecular weight is 278 g/mol. The van der Waals surface area contributed by atoms with E-state index in [1.807, 2.05) is 45.0 Å². The van der Waals surface area contributed by atoms with Crippen LogP contribution in [0.2, 0.25) is 0 Å². The molecule has 1 aromatic carbocycles. The van der Waals surface area contributed by atoms with Crippen LogP contribution in [-0.2, 0) is 20.7 Å². The minimum Gasteiger partial charge on any atom is -0.460 e. The predicted molar refractivity (Wildman–Crippen MR) is 78.3 cm³/mol. The molecule has 1 unspecified atom stereocenters. The molecule has 110 valence electrons. The lowest BCUT2D eigenvalue weighted by molar-refractivity contribution is -0.151. The minimum atomic E-state index is -0.389. The fraction of sp³-hybridized carbons (Fsp3) is 0.467. The van der Waals surface area contributed by atoms with Crippen LogP contribution in [0.3, 0.4) is 0 Å². The number of hydrogen-bond acceptors (Lipinski definition) is 4. The van der Waals surface area contributed by atoms with E-state index in [2.05, 4.69) is 5.32 Å². The third-order valence-electron chi connectivity index (χ3n) is 2.50. The van der Waals surface area contributed by atoms with Gasteiger partial charge in [-0.1, -0.05) is 18.2 Å². The molecule has 0 spiro atoms. The Kier molecular flexibility index (Phi) is 5.27. The largest absolute Gasteiger partial charge is 0.460 e. The smallest absolute Gasteiger partial charge is 0.303 e. The molecule has 0 aliphatic carbocycles. The van der Waals surface area contributed by atoms with E-state index in [-0.39, 0.29) is 23.5 Å². The number of nitrogens with two attached hydrogens (primary N) is 1. The van der Waals surface area contributed by atoms with Crippen LogP contribution >= 0.6 is 0 Å². The molecule has 0 bridgehead atoms. The second kappa shape index (κ2) is 6.52. The van der Waals surface area contributed by atoms with Crippen LogP contribution in [0.5, 0.6) is 0 Å². The van der Waals surface area contributed by atoms with Gasteiger partial charge in [-0.2, -0.15) is 0 Å². The highest BCUT2D eigenvalue weighted by atomic mass is 16.6. The molecule has 3 N–H and O–H groups in total. The molecule has 2 rings (SSSR count). The van der Waals surface area contributed by atoms with E-state index in [0.29, 0.717) is 6.42 Å². The van der Waals surface area contributed by atoms with Crippen LogP contribution in [-0.4, -0.2) is 23.5 Å². The second-order valence-corrected chi connectivity index (χ2v) is 5.66. The first-order chi connectivity index (χ1) is 9.19. The molecule has 0 saturated carbocycles. The van der Waals surface area contributed by atoms with Crippen LogP contribution in [0.1, 0.15) is 33.3 Å². The summed E-state index contributed by atoms with van der Waals surface area (Å²) in [5.41, 5.74) is 7.26. The lowest BCUT2D eigenvalue weighted by Gasteiger charge is -2.21. The number of esters is 1. The number of para-hydroxylation sites is 1. The highest BCUT2D eigenvalue weighted by molar-refractivity contribution is 5.97. The number of nitrogens with one attached hydrogen (secondary N) is 1. The van der Waals surface area contributed by atoms with Gasteiger partial charge >= 0.3 is 5.97 Å². The number of ether oxygens (including phenoxy) is 1. The van der Waals surface area contributed by atoms with Gasteiger partial charge in [-0.3, -0.25) is 9.59 Å². The van der Waals surface area contributed by atoms with Crippen LogP contribution in [0.4, 0.5) is 5.69 Å². The molecule has 1 heterocycles. The molecule has 0 fully saturated rings. The standard InChI is InChI=1S/C9H10N2O.C6H12O2/c10-7-5-6-3-1-2-4-8(6)11-9(7)12;1-5(7)8-6(2,3)4/h1-4,7H,5,10H2,(H,11,12);1-4H3. The molecule has 5 heteroatoms. The first-order valence-electron chi connectivity index (χ1n) is 6.53. The van der Waals surface area contributed by atoms with Crippen molar-refractivity contribution >= 4 is 17.6 Å². The molecule has 1 aromatic rings. The van der Waals surface area contributed by atoms with E-state index in [1.54, 1.807) is 0 Å². The molecule has 1 amide bonds. The minimum absolute atomic E-state index is 0.0892. The Bertz CT molecular complexity index is 492. The highest BCUT2D eigenvalue weighted by Crippen LogP contribution is 2.20. The third-order valence-corrected chi connectivity index (χ3v) is 2.50. The Hall–Kier alpha value is -1.88. The van der Waals surface area contributed by atoms with E-state index < -0.39 is 0 Å². The van der Waals surface area contributed by atoms with Gasteiger partial charge in [0.05, 0.1) is 6.04 Å². The number of benzene rings is 1. The summed E-state index contributed by atoms with van der Waals surface area (Å²) in [6.45, 7) is 6.93. The van der Waals surface area contributed by atoms with Crippen molar-refractivity contribution in [2.45, 2.75) is 45.8 Å². The number of amides is 1. The maximum absolute atomic E-state index is 11.1. The Labute approximate surface area is 119 Å². The van der Waals surface area contributed by atoms with Gasteiger partial charge in [0.2, 0.25) is 5.91 Å². The van der Waals surface area contributed by atoms with Crippen molar-refractivity contribution in [1.29, 1.82) is 0 Å².